The van der Waals surface area contributed by atoms with E-state index in [-0.39, 0.29) is 40.0 Å². The standard InChI is InChI=1S/C5H8O2.Ni.H2O/c1-4(6)3-5(2)7;;/h3H2,1-2H3;;1H2. The SMILES string of the molecule is CC(=O)CC(C)=O.O.[Ni]. The smallest absolute Gasteiger partial charge is 0.137 e. The molecule has 0 aliphatic heterocycles. The fourth-order valence-electron chi connectivity index (χ4n) is 0.351. The number of Topliss-reactive ketones (excluding diaryl/α,β-unsaturated/α-hetero) is 2. The molecule has 3 nitrogen and oxygen atoms in total. The second-order valence-corrected chi connectivity index (χ2v) is 1.58. The summed E-state index contributed by atoms with van der Waals surface area (Å²) in [7, 11) is 0. The molecule has 0 unspecified atom stereocenters. The van der Waals surface area contributed by atoms with Crippen LogP contribution >= 0.6 is 0 Å². The normalized spacial score (nSPS) is 6.44. The molecule has 0 aromatic rings. The van der Waals surface area contributed by atoms with E-state index in [0.29, 0.717) is 0 Å². The number of hydrogen-bond acceptors (Lipinski definition) is 2. The van der Waals surface area contributed by atoms with Crippen LogP contribution in [0, 0.1) is 0 Å². The summed E-state index contributed by atoms with van der Waals surface area (Å²) in [6.07, 6.45) is 0.0833. The van der Waals surface area contributed by atoms with E-state index in [0.717, 1.165) is 0 Å². The van der Waals surface area contributed by atoms with Crippen LogP contribution in [0.5, 0.6) is 0 Å². The fraction of sp³-hybridized carbons (Fsp3) is 0.600. The Balaban J connectivity index is -0.000000180. The van der Waals surface area contributed by atoms with Crippen molar-refractivity contribution in [3.8, 4) is 0 Å². The van der Waals surface area contributed by atoms with Gasteiger partial charge in [-0.3, -0.25) is 9.59 Å². The van der Waals surface area contributed by atoms with E-state index in [2.05, 4.69) is 0 Å². The molecule has 0 aliphatic carbocycles. The number of hydrogen-bond donors (Lipinski definition) is 0. The number of carbonyl (C=O) groups excluding carboxylic acids is 2. The van der Waals surface area contributed by atoms with E-state index in [1.165, 1.54) is 13.8 Å². The Morgan fingerprint density at radius 2 is 1.33 bits per heavy atom. The third-order valence-electron chi connectivity index (χ3n) is 0.498. The Morgan fingerprint density at radius 1 is 1.11 bits per heavy atom. The first-order valence-electron chi connectivity index (χ1n) is 2.12. The molecule has 0 saturated carbocycles. The Bertz CT molecular complexity index is 88.4. The van der Waals surface area contributed by atoms with Gasteiger partial charge >= 0.3 is 0 Å². The second-order valence-electron chi connectivity index (χ2n) is 1.58. The predicted molar refractivity (Wildman–Crippen MR) is 29.6 cm³/mol. The van der Waals surface area contributed by atoms with Crippen LogP contribution in [0.25, 0.3) is 0 Å². The molecule has 0 bridgehead atoms. The zero-order valence-electron chi connectivity index (χ0n) is 5.34. The molecular formula is C5H10NiO3. The van der Waals surface area contributed by atoms with Crippen LogP contribution in [0.1, 0.15) is 20.3 Å². The van der Waals surface area contributed by atoms with Gasteiger partial charge in [0.05, 0.1) is 6.42 Å². The van der Waals surface area contributed by atoms with Crippen molar-refractivity contribution in [2.75, 3.05) is 0 Å². The Morgan fingerprint density at radius 3 is 1.33 bits per heavy atom. The first-order valence-corrected chi connectivity index (χ1v) is 2.12. The maximum Gasteiger partial charge on any atom is 0.137 e. The quantitative estimate of drug-likeness (QED) is 0.430. The zero-order valence-corrected chi connectivity index (χ0v) is 6.33. The van der Waals surface area contributed by atoms with Gasteiger partial charge in [-0.05, 0) is 13.8 Å². The first-order chi connectivity index (χ1) is 3.13. The van der Waals surface area contributed by atoms with Gasteiger partial charge in [0.2, 0.25) is 0 Å². The molecule has 58 valence electrons. The molecule has 0 fully saturated rings. The van der Waals surface area contributed by atoms with Crippen molar-refractivity contribution < 1.29 is 31.6 Å². The molecule has 0 aromatic carbocycles. The minimum absolute atomic E-state index is 0. The van der Waals surface area contributed by atoms with E-state index in [4.69, 9.17) is 0 Å². The van der Waals surface area contributed by atoms with Crippen molar-refractivity contribution in [2.45, 2.75) is 20.3 Å². The Hall–Kier alpha value is -0.206. The van der Waals surface area contributed by atoms with Crippen LogP contribution in [0.4, 0.5) is 0 Å². The molecule has 2 N–H and O–H groups in total. The average Bonchev–Trinajstić information content (AvgIpc) is 1.27. The maximum absolute atomic E-state index is 10.0. The van der Waals surface area contributed by atoms with Gasteiger partial charge in [0.25, 0.3) is 0 Å². The molecule has 0 aromatic heterocycles. The molecule has 9 heavy (non-hydrogen) atoms. The fourth-order valence-corrected chi connectivity index (χ4v) is 0.351. The summed E-state index contributed by atoms with van der Waals surface area (Å²) in [5.74, 6) is -0.125. The summed E-state index contributed by atoms with van der Waals surface area (Å²) in [5.41, 5.74) is 0. The third-order valence-corrected chi connectivity index (χ3v) is 0.498. The van der Waals surface area contributed by atoms with E-state index in [1.54, 1.807) is 0 Å². The second kappa shape index (κ2) is 7.79. The molecule has 0 saturated heterocycles. The molecule has 0 spiro atoms. The van der Waals surface area contributed by atoms with Crippen molar-refractivity contribution >= 4 is 11.6 Å². The monoisotopic (exact) mass is 176 g/mol. The van der Waals surface area contributed by atoms with E-state index in [9.17, 15) is 9.59 Å². The third kappa shape index (κ3) is 18.2. The first kappa shape index (κ1) is 15.9. The van der Waals surface area contributed by atoms with Crippen LogP contribution < -0.4 is 0 Å². The molecule has 0 amide bonds. The summed E-state index contributed by atoms with van der Waals surface area (Å²) >= 11 is 0. The summed E-state index contributed by atoms with van der Waals surface area (Å²) in [4.78, 5) is 20.1. The molecule has 0 atom stereocenters. The number of rotatable bonds is 2. The molecular weight excluding hydrogens is 167 g/mol. The number of ketones is 2. The van der Waals surface area contributed by atoms with Crippen molar-refractivity contribution in [3.05, 3.63) is 0 Å². The zero-order chi connectivity index (χ0) is 5.86. The van der Waals surface area contributed by atoms with Gasteiger partial charge in [-0.15, -0.1) is 0 Å². The Kier molecular flexibility index (Phi) is 13.8. The average molecular weight is 177 g/mol. The van der Waals surface area contributed by atoms with Crippen LogP contribution in [0.2, 0.25) is 0 Å². The van der Waals surface area contributed by atoms with Crippen molar-refractivity contribution in [1.29, 1.82) is 0 Å². The molecule has 0 rings (SSSR count). The van der Waals surface area contributed by atoms with Gasteiger partial charge in [-0.2, -0.15) is 0 Å². The van der Waals surface area contributed by atoms with E-state index >= 15 is 0 Å². The van der Waals surface area contributed by atoms with Gasteiger partial charge in [-0.1, -0.05) is 0 Å². The molecule has 0 heterocycles. The predicted octanol–water partition coefficient (Wildman–Crippen LogP) is -0.273. The van der Waals surface area contributed by atoms with Gasteiger partial charge in [-0.25, -0.2) is 0 Å². The number of carbonyl (C=O) groups is 2. The molecule has 0 aliphatic rings. The van der Waals surface area contributed by atoms with Crippen LogP contribution in [-0.4, -0.2) is 17.0 Å². The summed E-state index contributed by atoms with van der Waals surface area (Å²) in [5, 5.41) is 0. The minimum atomic E-state index is -0.0625. The summed E-state index contributed by atoms with van der Waals surface area (Å²) in [6.45, 7) is 2.81. The van der Waals surface area contributed by atoms with Crippen molar-refractivity contribution in [1.82, 2.24) is 0 Å². The van der Waals surface area contributed by atoms with Gasteiger partial charge in [0.15, 0.2) is 0 Å². The van der Waals surface area contributed by atoms with Crippen molar-refractivity contribution in [3.63, 3.8) is 0 Å². The summed E-state index contributed by atoms with van der Waals surface area (Å²) < 4.78 is 0. The van der Waals surface area contributed by atoms with Crippen molar-refractivity contribution in [2.24, 2.45) is 0 Å². The van der Waals surface area contributed by atoms with Crippen LogP contribution in [0.15, 0.2) is 0 Å². The molecule has 0 radical (unpaired) electrons. The largest absolute Gasteiger partial charge is 0.412 e. The van der Waals surface area contributed by atoms with Crippen LogP contribution in [-0.2, 0) is 26.1 Å². The van der Waals surface area contributed by atoms with Gasteiger partial charge in [0.1, 0.15) is 11.6 Å². The Labute approximate surface area is 64.0 Å². The topological polar surface area (TPSA) is 65.6 Å². The van der Waals surface area contributed by atoms with Gasteiger partial charge in [0, 0.05) is 16.5 Å². The van der Waals surface area contributed by atoms with E-state index < -0.39 is 0 Å². The maximum atomic E-state index is 10.0. The summed E-state index contributed by atoms with van der Waals surface area (Å²) in [6, 6.07) is 0. The van der Waals surface area contributed by atoms with Gasteiger partial charge < -0.3 is 5.48 Å². The molecule has 4 heteroatoms. The van der Waals surface area contributed by atoms with E-state index in [1.807, 2.05) is 0 Å². The minimum Gasteiger partial charge on any atom is -0.412 e. The van der Waals surface area contributed by atoms with Crippen LogP contribution in [0.3, 0.4) is 0 Å².